The van der Waals surface area contributed by atoms with Crippen LogP contribution >= 0.6 is 11.6 Å². The summed E-state index contributed by atoms with van der Waals surface area (Å²) in [6.45, 7) is 3.66. The fourth-order valence-corrected chi connectivity index (χ4v) is 5.40. The van der Waals surface area contributed by atoms with Crippen LogP contribution in [0.3, 0.4) is 0 Å². The summed E-state index contributed by atoms with van der Waals surface area (Å²) in [5.74, 6) is -10.4. The first-order valence-corrected chi connectivity index (χ1v) is 9.74. The number of rotatable bonds is 2. The highest BCUT2D eigenvalue weighted by atomic mass is 35.5. The van der Waals surface area contributed by atoms with Gasteiger partial charge in [-0.15, -0.1) is 0 Å². The molecular formula is C21H18ClNO7. The molecule has 0 aromatic heterocycles. The molecule has 156 valence electrons. The topological polar surface area (TPSA) is 152 Å². The number of hydrogen-bond acceptors (Lipinski definition) is 7. The van der Waals surface area contributed by atoms with Crippen LogP contribution in [-0.4, -0.2) is 44.9 Å². The zero-order chi connectivity index (χ0) is 22.1. The molecule has 0 spiro atoms. The fraction of sp³-hybridized carbons (Fsp3) is 0.381. The zero-order valence-corrected chi connectivity index (χ0v) is 16.4. The van der Waals surface area contributed by atoms with Crippen molar-refractivity contribution < 1.29 is 34.2 Å². The lowest BCUT2D eigenvalue weighted by Crippen LogP contribution is -2.68. The maximum Gasteiger partial charge on any atom is 0.235 e. The number of hydrogen-bond donors (Lipinski definition) is 3. The molecule has 0 saturated heterocycles. The lowest BCUT2D eigenvalue weighted by molar-refractivity contribution is -0.175. The number of phenols is 1. The van der Waals surface area contributed by atoms with Gasteiger partial charge in [-0.25, -0.2) is 0 Å². The summed E-state index contributed by atoms with van der Waals surface area (Å²) < 4.78 is 0. The van der Waals surface area contributed by atoms with Gasteiger partial charge in [0.15, 0.2) is 34.7 Å². The van der Waals surface area contributed by atoms with Gasteiger partial charge in [-0.05, 0) is 42.0 Å². The van der Waals surface area contributed by atoms with Crippen molar-refractivity contribution in [3.05, 3.63) is 35.4 Å². The zero-order valence-electron chi connectivity index (χ0n) is 15.7. The number of phenolic OH excluding ortho intramolecular Hbond substituents is 1. The molecular weight excluding hydrogens is 414 g/mol. The van der Waals surface area contributed by atoms with Crippen LogP contribution in [0.15, 0.2) is 18.7 Å². The van der Waals surface area contributed by atoms with E-state index in [1.54, 1.807) is 0 Å². The van der Waals surface area contributed by atoms with Crippen LogP contribution in [0.5, 0.6) is 5.75 Å². The number of nitrogens with two attached hydrogens (primary N) is 1. The predicted molar refractivity (Wildman–Crippen MR) is 103 cm³/mol. The Labute approximate surface area is 175 Å². The van der Waals surface area contributed by atoms with Gasteiger partial charge in [-0.3, -0.25) is 24.0 Å². The van der Waals surface area contributed by atoms with Crippen LogP contribution in [0.2, 0.25) is 0 Å². The maximum absolute atomic E-state index is 13.3. The Morgan fingerprint density at radius 3 is 2.43 bits per heavy atom. The van der Waals surface area contributed by atoms with E-state index in [0.717, 1.165) is 0 Å². The third-order valence-corrected chi connectivity index (χ3v) is 6.78. The Balaban J connectivity index is 1.84. The van der Waals surface area contributed by atoms with Gasteiger partial charge >= 0.3 is 0 Å². The number of ketones is 4. The van der Waals surface area contributed by atoms with E-state index < -0.39 is 58.3 Å². The van der Waals surface area contributed by atoms with Crippen LogP contribution in [0, 0.1) is 23.7 Å². The number of amides is 1. The molecule has 0 heterocycles. The first kappa shape index (κ1) is 20.4. The summed E-state index contributed by atoms with van der Waals surface area (Å²) in [7, 11) is 0. The van der Waals surface area contributed by atoms with Crippen molar-refractivity contribution in [2.24, 2.45) is 29.4 Å². The number of carbonyl (C=O) groups is 5. The van der Waals surface area contributed by atoms with Crippen LogP contribution < -0.4 is 5.73 Å². The van der Waals surface area contributed by atoms with Gasteiger partial charge in [-0.1, -0.05) is 18.2 Å². The Morgan fingerprint density at radius 2 is 1.83 bits per heavy atom. The molecule has 8 nitrogen and oxygen atoms in total. The number of aromatic hydroxyl groups is 1. The molecule has 0 radical (unpaired) electrons. The van der Waals surface area contributed by atoms with E-state index in [-0.39, 0.29) is 35.6 Å². The maximum atomic E-state index is 13.3. The third-order valence-electron chi connectivity index (χ3n) is 6.58. The highest BCUT2D eigenvalue weighted by Gasteiger charge is 2.66. The van der Waals surface area contributed by atoms with Gasteiger partial charge in [0.1, 0.15) is 5.75 Å². The van der Waals surface area contributed by atoms with Gasteiger partial charge in [0.05, 0.1) is 11.5 Å². The minimum atomic E-state index is -2.65. The van der Waals surface area contributed by atoms with E-state index in [4.69, 9.17) is 17.3 Å². The monoisotopic (exact) mass is 431 g/mol. The number of carbonyl (C=O) groups excluding carboxylic acids is 5. The smallest absolute Gasteiger partial charge is 0.235 e. The minimum absolute atomic E-state index is 0.0326. The molecule has 0 aliphatic heterocycles. The first-order chi connectivity index (χ1) is 14.0. The second-order valence-corrected chi connectivity index (χ2v) is 8.59. The Morgan fingerprint density at radius 1 is 1.17 bits per heavy atom. The summed E-state index contributed by atoms with van der Waals surface area (Å²) in [4.78, 5) is 63.2. The molecule has 4 rings (SSSR count). The number of primary amides is 1. The van der Waals surface area contributed by atoms with E-state index >= 15 is 0 Å². The standard InChI is InChI=1S/C21H18ClNO7/c1-7(22)10-2-3-12(24)15-11(10)5-8-4-9-6-13(25)16(20(23)29)19(28)21(9,30)18(27)14(8)17(15)26/h2-3,8-9,14,16,24,30H,1,4-6H2,(H2,23,29)/t8-,9+,14?,16?,21+/m1/s1. The SMILES string of the molecule is C=C(Cl)c1ccc(O)c2c1C[C@H]1C[C@H]3CC(=O)C(C(N)=O)C(=O)[C@@]3(O)C(=O)C1C2=O. The van der Waals surface area contributed by atoms with Crippen molar-refractivity contribution in [2.45, 2.75) is 24.9 Å². The van der Waals surface area contributed by atoms with Gasteiger partial charge in [0.25, 0.3) is 0 Å². The highest BCUT2D eigenvalue weighted by Crippen LogP contribution is 2.50. The third kappa shape index (κ3) is 2.53. The average molecular weight is 432 g/mol. The quantitative estimate of drug-likeness (QED) is 0.577. The summed E-state index contributed by atoms with van der Waals surface area (Å²) in [6, 6.07) is 2.78. The van der Waals surface area contributed by atoms with Crippen LogP contribution in [0.1, 0.15) is 34.3 Å². The molecule has 2 saturated carbocycles. The number of Topliss-reactive ketones (excluding diaryl/α,β-unsaturated/α-hetero) is 4. The molecule has 1 aromatic carbocycles. The lowest BCUT2D eigenvalue weighted by atomic mass is 9.53. The van der Waals surface area contributed by atoms with Crippen molar-refractivity contribution in [3.63, 3.8) is 0 Å². The van der Waals surface area contributed by atoms with Crippen LogP contribution in [0.25, 0.3) is 5.03 Å². The molecule has 2 unspecified atom stereocenters. The van der Waals surface area contributed by atoms with Crippen molar-refractivity contribution >= 4 is 45.7 Å². The van der Waals surface area contributed by atoms with Crippen molar-refractivity contribution in [1.29, 1.82) is 0 Å². The summed E-state index contributed by atoms with van der Waals surface area (Å²) in [5, 5.41) is 21.5. The van der Waals surface area contributed by atoms with Gasteiger partial charge < -0.3 is 15.9 Å². The molecule has 1 amide bonds. The molecule has 5 atom stereocenters. The summed E-state index contributed by atoms with van der Waals surface area (Å²) >= 11 is 6.03. The minimum Gasteiger partial charge on any atom is -0.507 e. The number of aliphatic hydroxyl groups is 1. The van der Waals surface area contributed by atoms with E-state index in [2.05, 4.69) is 6.58 Å². The fourth-order valence-electron chi connectivity index (χ4n) is 5.22. The molecule has 9 heteroatoms. The molecule has 3 aliphatic carbocycles. The second kappa shape index (κ2) is 6.58. The van der Waals surface area contributed by atoms with E-state index in [1.807, 2.05) is 0 Å². The average Bonchev–Trinajstić information content (AvgIpc) is 2.64. The summed E-state index contributed by atoms with van der Waals surface area (Å²) in [5.41, 5.74) is 3.28. The van der Waals surface area contributed by atoms with E-state index in [1.165, 1.54) is 12.1 Å². The van der Waals surface area contributed by atoms with E-state index in [9.17, 15) is 34.2 Å². The lowest BCUT2D eigenvalue weighted by Gasteiger charge is -2.48. The molecule has 4 N–H and O–H groups in total. The Bertz CT molecular complexity index is 1080. The van der Waals surface area contributed by atoms with Crippen molar-refractivity contribution in [2.75, 3.05) is 0 Å². The number of benzene rings is 1. The van der Waals surface area contributed by atoms with Crippen LogP contribution in [0.4, 0.5) is 0 Å². The van der Waals surface area contributed by atoms with Gasteiger partial charge in [-0.2, -0.15) is 0 Å². The predicted octanol–water partition coefficient (Wildman–Crippen LogP) is 0.536. The normalized spacial score (nSPS) is 32.9. The van der Waals surface area contributed by atoms with Gasteiger partial charge in [0.2, 0.25) is 5.91 Å². The molecule has 3 aliphatic rings. The van der Waals surface area contributed by atoms with Crippen LogP contribution in [-0.2, 0) is 25.6 Å². The largest absolute Gasteiger partial charge is 0.507 e. The van der Waals surface area contributed by atoms with Crippen molar-refractivity contribution in [3.8, 4) is 5.75 Å². The second-order valence-electron chi connectivity index (χ2n) is 8.13. The molecule has 2 fully saturated rings. The summed E-state index contributed by atoms with van der Waals surface area (Å²) in [6.07, 6.45) is -0.174. The molecule has 0 bridgehead atoms. The first-order valence-electron chi connectivity index (χ1n) is 9.37. The van der Waals surface area contributed by atoms with Gasteiger partial charge in [0, 0.05) is 17.4 Å². The Kier molecular flexibility index (Phi) is 4.48. The number of fused-ring (bicyclic) bond motifs is 3. The molecule has 1 aromatic rings. The Hall–Kier alpha value is -2.84. The van der Waals surface area contributed by atoms with E-state index in [0.29, 0.717) is 11.1 Å². The highest BCUT2D eigenvalue weighted by molar-refractivity contribution is 6.48. The van der Waals surface area contributed by atoms with Crippen molar-refractivity contribution in [1.82, 2.24) is 0 Å². The molecule has 30 heavy (non-hydrogen) atoms. The number of halogens is 1.